The maximum Gasteiger partial charge on any atom is 0.416 e. The number of rotatable bonds is 2. The lowest BCUT2D eigenvalue weighted by molar-refractivity contribution is -0.137. The third-order valence-electron chi connectivity index (χ3n) is 1.84. The van der Waals surface area contributed by atoms with Gasteiger partial charge in [-0.15, -0.1) is 6.42 Å². The smallest absolute Gasteiger partial charge is 0.341 e. The fourth-order valence-corrected chi connectivity index (χ4v) is 1.09. The van der Waals surface area contributed by atoms with Crippen molar-refractivity contribution in [3.8, 4) is 12.3 Å². The van der Waals surface area contributed by atoms with Crippen LogP contribution in [0.2, 0.25) is 0 Å². The van der Waals surface area contributed by atoms with Gasteiger partial charge in [0, 0.05) is 6.54 Å². The third kappa shape index (κ3) is 3.31. The molecule has 0 aliphatic heterocycles. The first-order valence-corrected chi connectivity index (χ1v) is 4.34. The molecule has 0 aliphatic carbocycles. The molecule has 0 unspecified atom stereocenters. The van der Waals surface area contributed by atoms with Gasteiger partial charge < -0.3 is 5.32 Å². The van der Waals surface area contributed by atoms with Crippen LogP contribution in [0.25, 0.3) is 0 Å². The summed E-state index contributed by atoms with van der Waals surface area (Å²) in [5.74, 6) is 1.15. The van der Waals surface area contributed by atoms with Crippen molar-refractivity contribution < 1.29 is 18.0 Å². The van der Waals surface area contributed by atoms with Crippen LogP contribution in [0.1, 0.15) is 11.1 Å². The molecule has 1 amide bonds. The Hall–Kier alpha value is -1.96. The van der Waals surface area contributed by atoms with Gasteiger partial charge in [-0.25, -0.2) is 0 Å². The zero-order chi connectivity index (χ0) is 12.2. The molecule has 0 atom stereocenters. The summed E-state index contributed by atoms with van der Waals surface area (Å²) in [7, 11) is 0. The van der Waals surface area contributed by atoms with Crippen LogP contribution in [-0.2, 0) is 17.5 Å². The van der Waals surface area contributed by atoms with Gasteiger partial charge in [0.1, 0.15) is 0 Å². The van der Waals surface area contributed by atoms with Crippen LogP contribution in [0, 0.1) is 12.3 Å². The van der Waals surface area contributed by atoms with E-state index in [4.69, 9.17) is 6.42 Å². The quantitative estimate of drug-likeness (QED) is 0.769. The highest BCUT2D eigenvalue weighted by atomic mass is 19.4. The minimum absolute atomic E-state index is 0.0209. The SMILES string of the molecule is C#CC(=O)NCc1cccc(C(F)(F)F)c1. The molecule has 0 radical (unpaired) electrons. The largest absolute Gasteiger partial charge is 0.416 e. The first-order valence-electron chi connectivity index (χ1n) is 4.34. The molecule has 0 fully saturated rings. The number of halogens is 3. The minimum atomic E-state index is -4.38. The van der Waals surface area contributed by atoms with E-state index >= 15 is 0 Å². The number of nitrogens with one attached hydrogen (secondary N) is 1. The van der Waals surface area contributed by atoms with E-state index in [9.17, 15) is 18.0 Å². The average Bonchev–Trinajstić information content (AvgIpc) is 2.25. The first-order chi connectivity index (χ1) is 7.43. The Kier molecular flexibility index (Phi) is 3.56. The van der Waals surface area contributed by atoms with E-state index in [0.29, 0.717) is 5.56 Å². The summed E-state index contributed by atoms with van der Waals surface area (Å²) in [5.41, 5.74) is -0.404. The molecule has 16 heavy (non-hydrogen) atoms. The predicted molar refractivity (Wildman–Crippen MR) is 52.1 cm³/mol. The number of benzene rings is 1. The Labute approximate surface area is 90.5 Å². The summed E-state index contributed by atoms with van der Waals surface area (Å²) in [4.78, 5) is 10.7. The zero-order valence-electron chi connectivity index (χ0n) is 8.14. The Morgan fingerprint density at radius 1 is 1.44 bits per heavy atom. The van der Waals surface area contributed by atoms with Gasteiger partial charge in [-0.05, 0) is 23.6 Å². The lowest BCUT2D eigenvalue weighted by Crippen LogP contribution is -2.20. The second kappa shape index (κ2) is 4.71. The van der Waals surface area contributed by atoms with Crippen molar-refractivity contribution in [3.63, 3.8) is 0 Å². The highest BCUT2D eigenvalue weighted by Crippen LogP contribution is 2.29. The second-order valence-corrected chi connectivity index (χ2v) is 3.03. The summed E-state index contributed by atoms with van der Waals surface area (Å²) in [5, 5.41) is 2.28. The highest BCUT2D eigenvalue weighted by molar-refractivity contribution is 5.92. The van der Waals surface area contributed by atoms with Crippen molar-refractivity contribution in [3.05, 3.63) is 35.4 Å². The van der Waals surface area contributed by atoms with Crippen LogP contribution >= 0.6 is 0 Å². The Morgan fingerprint density at radius 3 is 2.69 bits per heavy atom. The molecule has 0 saturated heterocycles. The molecule has 0 bridgehead atoms. The minimum Gasteiger partial charge on any atom is -0.341 e. The fraction of sp³-hybridized carbons (Fsp3) is 0.182. The van der Waals surface area contributed by atoms with Gasteiger partial charge in [0.05, 0.1) is 5.56 Å². The monoisotopic (exact) mass is 227 g/mol. The molecular weight excluding hydrogens is 219 g/mol. The van der Waals surface area contributed by atoms with Crippen molar-refractivity contribution in [2.24, 2.45) is 0 Å². The topological polar surface area (TPSA) is 29.1 Å². The van der Waals surface area contributed by atoms with Crippen LogP contribution < -0.4 is 5.32 Å². The summed E-state index contributed by atoms with van der Waals surface area (Å²) >= 11 is 0. The van der Waals surface area contributed by atoms with E-state index < -0.39 is 17.6 Å². The lowest BCUT2D eigenvalue weighted by Gasteiger charge is -2.08. The van der Waals surface area contributed by atoms with Crippen LogP contribution in [0.3, 0.4) is 0 Å². The number of hydrogen-bond donors (Lipinski definition) is 1. The summed E-state index contributed by atoms with van der Waals surface area (Å²) in [6, 6.07) is 4.69. The van der Waals surface area contributed by atoms with Crippen LogP contribution in [0.5, 0.6) is 0 Å². The van der Waals surface area contributed by atoms with Gasteiger partial charge in [0.2, 0.25) is 0 Å². The van der Waals surface area contributed by atoms with E-state index in [0.717, 1.165) is 12.1 Å². The van der Waals surface area contributed by atoms with Gasteiger partial charge in [-0.2, -0.15) is 13.2 Å². The maximum atomic E-state index is 12.3. The van der Waals surface area contributed by atoms with Gasteiger partial charge in [-0.3, -0.25) is 4.79 Å². The maximum absolute atomic E-state index is 12.3. The molecule has 2 nitrogen and oxygen atoms in total. The standard InChI is InChI=1S/C11H8F3NO/c1-2-10(16)15-7-8-4-3-5-9(6-8)11(12,13)14/h1,3-6H,7H2,(H,15,16). The van der Waals surface area contributed by atoms with Gasteiger partial charge in [0.15, 0.2) is 0 Å². The third-order valence-corrected chi connectivity index (χ3v) is 1.84. The van der Waals surface area contributed by atoms with Crippen LogP contribution in [0.15, 0.2) is 24.3 Å². The highest BCUT2D eigenvalue weighted by Gasteiger charge is 2.30. The Bertz CT molecular complexity index is 432. The molecule has 0 saturated carbocycles. The number of hydrogen-bond acceptors (Lipinski definition) is 1. The summed E-state index contributed by atoms with van der Waals surface area (Å²) in [6.45, 7) is -0.0209. The lowest BCUT2D eigenvalue weighted by atomic mass is 10.1. The van der Waals surface area contributed by atoms with Crippen LogP contribution in [0.4, 0.5) is 13.2 Å². The summed E-state index contributed by atoms with van der Waals surface area (Å²) in [6.07, 6.45) is 0.411. The Balaban J connectivity index is 2.77. The number of amides is 1. The number of terminal acetylenes is 1. The van der Waals surface area contributed by atoms with Crippen molar-refractivity contribution in [2.75, 3.05) is 0 Å². The van der Waals surface area contributed by atoms with Gasteiger partial charge in [-0.1, -0.05) is 12.1 Å². The van der Waals surface area contributed by atoms with E-state index in [2.05, 4.69) is 5.32 Å². The molecule has 84 valence electrons. The predicted octanol–water partition coefficient (Wildman–Crippen LogP) is 1.95. The van der Waals surface area contributed by atoms with Crippen molar-refractivity contribution in [2.45, 2.75) is 12.7 Å². The second-order valence-electron chi connectivity index (χ2n) is 3.03. The molecule has 1 N–H and O–H groups in total. The molecule has 1 rings (SSSR count). The van der Waals surface area contributed by atoms with E-state index in [-0.39, 0.29) is 6.54 Å². The molecule has 1 aromatic rings. The number of carbonyl (C=O) groups is 1. The molecular formula is C11H8F3NO. The van der Waals surface area contributed by atoms with Gasteiger partial charge >= 0.3 is 6.18 Å². The van der Waals surface area contributed by atoms with E-state index in [1.807, 2.05) is 5.92 Å². The zero-order valence-corrected chi connectivity index (χ0v) is 8.14. The molecule has 0 aliphatic rings. The number of carbonyl (C=O) groups excluding carboxylic acids is 1. The molecule has 0 aromatic heterocycles. The van der Waals surface area contributed by atoms with Gasteiger partial charge in [0.25, 0.3) is 5.91 Å². The molecule has 1 aromatic carbocycles. The normalized spacial score (nSPS) is 10.6. The number of alkyl halides is 3. The van der Waals surface area contributed by atoms with E-state index in [1.54, 1.807) is 0 Å². The van der Waals surface area contributed by atoms with Crippen molar-refractivity contribution in [1.82, 2.24) is 5.32 Å². The van der Waals surface area contributed by atoms with Crippen LogP contribution in [-0.4, -0.2) is 5.91 Å². The fourth-order valence-electron chi connectivity index (χ4n) is 1.09. The van der Waals surface area contributed by atoms with Crippen molar-refractivity contribution >= 4 is 5.91 Å². The average molecular weight is 227 g/mol. The Morgan fingerprint density at radius 2 is 2.12 bits per heavy atom. The molecule has 0 spiro atoms. The molecule has 5 heteroatoms. The van der Waals surface area contributed by atoms with Crippen molar-refractivity contribution in [1.29, 1.82) is 0 Å². The first kappa shape index (κ1) is 12.1. The summed E-state index contributed by atoms with van der Waals surface area (Å²) < 4.78 is 36.9. The van der Waals surface area contributed by atoms with E-state index in [1.165, 1.54) is 12.1 Å². The molecule has 0 heterocycles.